The van der Waals surface area contributed by atoms with Crippen LogP contribution in [0.2, 0.25) is 5.02 Å². The highest BCUT2D eigenvalue weighted by Crippen LogP contribution is 2.38. The summed E-state index contributed by atoms with van der Waals surface area (Å²) in [6, 6.07) is 12.5. The van der Waals surface area contributed by atoms with Crippen LogP contribution in [0.4, 0.5) is 0 Å². The summed E-state index contributed by atoms with van der Waals surface area (Å²) in [5.41, 5.74) is 2.02. The molecule has 6 heteroatoms. The van der Waals surface area contributed by atoms with Gasteiger partial charge in [-0.3, -0.25) is 14.7 Å². The summed E-state index contributed by atoms with van der Waals surface area (Å²) in [6.07, 6.45) is 16.0. The maximum atomic E-state index is 13.6. The first-order valence-electron chi connectivity index (χ1n) is 11.9. The highest BCUT2D eigenvalue weighted by atomic mass is 35.5. The van der Waals surface area contributed by atoms with E-state index in [4.69, 9.17) is 16.6 Å². The van der Waals surface area contributed by atoms with E-state index in [-0.39, 0.29) is 5.91 Å². The second-order valence-corrected chi connectivity index (χ2v) is 10.5. The number of rotatable bonds is 4. The van der Waals surface area contributed by atoms with Crippen molar-refractivity contribution in [3.8, 4) is 5.69 Å². The number of thioether (sulfide) groups is 1. The number of amidine groups is 1. The van der Waals surface area contributed by atoms with Crippen molar-refractivity contribution in [3.63, 3.8) is 0 Å². The zero-order valence-electron chi connectivity index (χ0n) is 18.4. The Kier molecular flexibility index (Phi) is 6.74. The van der Waals surface area contributed by atoms with Crippen LogP contribution in [0.1, 0.15) is 69.9 Å². The van der Waals surface area contributed by atoms with E-state index in [1.54, 1.807) is 11.8 Å². The number of benzene rings is 1. The second kappa shape index (κ2) is 9.88. The number of hydrogen-bond donors (Lipinski definition) is 0. The van der Waals surface area contributed by atoms with Gasteiger partial charge in [0.25, 0.3) is 5.91 Å². The van der Waals surface area contributed by atoms with Gasteiger partial charge in [0.15, 0.2) is 5.17 Å². The van der Waals surface area contributed by atoms with Crippen LogP contribution in [0, 0.1) is 0 Å². The molecule has 3 aliphatic rings. The van der Waals surface area contributed by atoms with Crippen LogP contribution >= 0.6 is 23.4 Å². The highest BCUT2D eigenvalue weighted by Gasteiger charge is 2.39. The van der Waals surface area contributed by atoms with Crippen LogP contribution in [-0.2, 0) is 4.79 Å². The zero-order valence-corrected chi connectivity index (χ0v) is 20.0. The predicted molar refractivity (Wildman–Crippen MR) is 134 cm³/mol. The second-order valence-electron chi connectivity index (χ2n) is 9.06. The SMILES string of the molecule is O=C1/C(=C/c2cccn2-c2ccc(Cl)cc2)SC(=NC2CCCCC2)N1C1CCCCC1. The van der Waals surface area contributed by atoms with Crippen molar-refractivity contribution in [1.29, 1.82) is 0 Å². The van der Waals surface area contributed by atoms with E-state index in [1.807, 2.05) is 47.5 Å². The summed E-state index contributed by atoms with van der Waals surface area (Å²) in [6.45, 7) is 0. The van der Waals surface area contributed by atoms with Gasteiger partial charge >= 0.3 is 0 Å². The molecule has 1 aromatic carbocycles. The zero-order chi connectivity index (χ0) is 21.9. The van der Waals surface area contributed by atoms with Gasteiger partial charge in [-0.1, -0.05) is 50.1 Å². The van der Waals surface area contributed by atoms with Gasteiger partial charge in [-0.15, -0.1) is 0 Å². The lowest BCUT2D eigenvalue weighted by atomic mass is 9.94. The summed E-state index contributed by atoms with van der Waals surface area (Å²) in [5.74, 6) is 0.125. The molecule has 2 saturated carbocycles. The average molecular weight is 468 g/mol. The molecule has 0 atom stereocenters. The Bertz CT molecular complexity index is 1010. The van der Waals surface area contributed by atoms with E-state index in [2.05, 4.69) is 10.6 Å². The average Bonchev–Trinajstić information content (AvgIpc) is 3.40. The first-order valence-corrected chi connectivity index (χ1v) is 13.1. The van der Waals surface area contributed by atoms with Crippen molar-refractivity contribution in [3.05, 3.63) is 58.2 Å². The van der Waals surface area contributed by atoms with Crippen LogP contribution < -0.4 is 0 Å². The van der Waals surface area contributed by atoms with Gasteiger partial charge in [0.1, 0.15) is 0 Å². The maximum Gasteiger partial charge on any atom is 0.267 e. The number of amides is 1. The van der Waals surface area contributed by atoms with Gasteiger partial charge in [-0.25, -0.2) is 0 Å². The third-order valence-electron chi connectivity index (χ3n) is 6.81. The topological polar surface area (TPSA) is 37.6 Å². The Morgan fingerprint density at radius 1 is 0.938 bits per heavy atom. The lowest BCUT2D eigenvalue weighted by Crippen LogP contribution is -2.41. The van der Waals surface area contributed by atoms with Crippen molar-refractivity contribution in [1.82, 2.24) is 9.47 Å². The molecule has 2 aromatic rings. The first-order chi connectivity index (χ1) is 15.7. The van der Waals surface area contributed by atoms with E-state index in [0.29, 0.717) is 17.1 Å². The summed E-state index contributed by atoms with van der Waals surface area (Å²) in [5, 5.41) is 1.65. The molecule has 3 fully saturated rings. The third kappa shape index (κ3) is 4.69. The molecule has 0 spiro atoms. The smallest absolute Gasteiger partial charge is 0.267 e. The molecule has 0 unspecified atom stereocenters. The molecule has 1 aromatic heterocycles. The molecule has 32 heavy (non-hydrogen) atoms. The normalized spacial score (nSPS) is 23.5. The van der Waals surface area contributed by atoms with Crippen molar-refractivity contribution < 1.29 is 4.79 Å². The summed E-state index contributed by atoms with van der Waals surface area (Å²) in [4.78, 5) is 21.6. The molecule has 1 saturated heterocycles. The number of carbonyl (C=O) groups is 1. The van der Waals surface area contributed by atoms with Gasteiger partial charge in [-0.2, -0.15) is 0 Å². The number of carbonyl (C=O) groups excluding carboxylic acids is 1. The minimum absolute atomic E-state index is 0.125. The predicted octanol–water partition coefficient (Wildman–Crippen LogP) is 7.07. The summed E-state index contributed by atoms with van der Waals surface area (Å²) < 4.78 is 2.10. The van der Waals surface area contributed by atoms with Gasteiger partial charge in [0.05, 0.1) is 10.9 Å². The summed E-state index contributed by atoms with van der Waals surface area (Å²) in [7, 11) is 0. The Morgan fingerprint density at radius 3 is 2.34 bits per heavy atom. The molecule has 2 heterocycles. The van der Waals surface area contributed by atoms with Crippen LogP contribution in [0.5, 0.6) is 0 Å². The molecule has 168 valence electrons. The monoisotopic (exact) mass is 467 g/mol. The van der Waals surface area contributed by atoms with Gasteiger partial charge < -0.3 is 4.57 Å². The number of nitrogens with zero attached hydrogens (tertiary/aromatic N) is 3. The number of hydrogen-bond acceptors (Lipinski definition) is 3. The lowest BCUT2D eigenvalue weighted by Gasteiger charge is -2.31. The maximum absolute atomic E-state index is 13.6. The van der Waals surface area contributed by atoms with Crippen molar-refractivity contribution in [2.45, 2.75) is 76.3 Å². The molecule has 0 bridgehead atoms. The van der Waals surface area contributed by atoms with Crippen LogP contribution in [0.15, 0.2) is 52.5 Å². The lowest BCUT2D eigenvalue weighted by molar-refractivity contribution is -0.124. The largest absolute Gasteiger partial charge is 0.317 e. The van der Waals surface area contributed by atoms with E-state index in [0.717, 1.165) is 47.1 Å². The fraction of sp³-hybridized carbons (Fsp3) is 0.462. The Morgan fingerprint density at radius 2 is 1.62 bits per heavy atom. The van der Waals surface area contributed by atoms with Crippen molar-refractivity contribution in [2.75, 3.05) is 0 Å². The standard InChI is InChI=1S/C26H30ClN3OS/c27-19-13-15-21(16-14-19)29-17-7-12-23(29)18-24-25(31)30(22-10-5-2-6-11-22)26(32-24)28-20-8-3-1-4-9-20/h7,12-18,20,22H,1-6,8-11H2/b24-18-,28-26?. The number of aromatic nitrogens is 1. The molecule has 1 aliphatic heterocycles. The minimum Gasteiger partial charge on any atom is -0.317 e. The fourth-order valence-corrected chi connectivity index (χ4v) is 6.31. The number of aliphatic imine (C=N–C) groups is 1. The molecule has 0 radical (unpaired) electrons. The summed E-state index contributed by atoms with van der Waals surface area (Å²) >= 11 is 7.64. The first kappa shape index (κ1) is 21.8. The minimum atomic E-state index is 0.125. The van der Waals surface area contributed by atoms with Crippen molar-refractivity contribution >= 4 is 40.5 Å². The molecular weight excluding hydrogens is 438 g/mol. The van der Waals surface area contributed by atoms with Crippen molar-refractivity contribution in [2.24, 2.45) is 4.99 Å². The molecule has 5 rings (SSSR count). The van der Waals surface area contributed by atoms with E-state index in [1.165, 1.54) is 38.5 Å². The molecule has 0 N–H and O–H groups in total. The van der Waals surface area contributed by atoms with Crippen LogP contribution in [0.3, 0.4) is 0 Å². The van der Waals surface area contributed by atoms with E-state index >= 15 is 0 Å². The van der Waals surface area contributed by atoms with Gasteiger partial charge in [-0.05, 0) is 79.9 Å². The Hall–Kier alpha value is -1.98. The Balaban J connectivity index is 1.46. The highest BCUT2D eigenvalue weighted by molar-refractivity contribution is 8.18. The van der Waals surface area contributed by atoms with E-state index in [9.17, 15) is 4.79 Å². The van der Waals surface area contributed by atoms with E-state index < -0.39 is 0 Å². The van der Waals surface area contributed by atoms with Gasteiger partial charge in [0, 0.05) is 28.6 Å². The van der Waals surface area contributed by atoms with Gasteiger partial charge in [0.2, 0.25) is 0 Å². The molecular formula is C26H30ClN3OS. The molecule has 4 nitrogen and oxygen atoms in total. The molecule has 2 aliphatic carbocycles. The molecule has 1 amide bonds. The van der Waals surface area contributed by atoms with Crippen LogP contribution in [-0.4, -0.2) is 32.6 Å². The number of halogens is 1. The third-order valence-corrected chi connectivity index (χ3v) is 8.06. The Labute approximate surface area is 199 Å². The van der Waals surface area contributed by atoms with Crippen LogP contribution in [0.25, 0.3) is 11.8 Å². The quantitative estimate of drug-likeness (QED) is 0.451. The fourth-order valence-electron chi connectivity index (χ4n) is 5.09.